The molecule has 0 heterocycles. The van der Waals surface area contributed by atoms with Crippen molar-refractivity contribution in [2.45, 2.75) is 44.6 Å². The summed E-state index contributed by atoms with van der Waals surface area (Å²) >= 11 is 0. The van der Waals surface area contributed by atoms with E-state index >= 15 is 0 Å². The van der Waals surface area contributed by atoms with Crippen LogP contribution < -0.4 is 10.1 Å². The summed E-state index contributed by atoms with van der Waals surface area (Å²) < 4.78 is 31.4. The van der Waals surface area contributed by atoms with Crippen molar-refractivity contribution in [2.75, 3.05) is 20.2 Å². The first-order valence-electron chi connectivity index (χ1n) is 7.78. The minimum Gasteiger partial charge on any atom is -0.497 e. The predicted molar refractivity (Wildman–Crippen MR) is 89.9 cm³/mol. The lowest BCUT2D eigenvalue weighted by Gasteiger charge is -2.21. The number of nitrogens with one attached hydrogen (secondary N) is 1. The van der Waals surface area contributed by atoms with Crippen LogP contribution in [0.25, 0.3) is 0 Å². The molecule has 0 fully saturated rings. The fraction of sp³-hybridized carbons (Fsp3) is 0.562. The van der Waals surface area contributed by atoms with E-state index in [9.17, 15) is 13.2 Å². The Morgan fingerprint density at radius 2 is 1.87 bits per heavy atom. The molecule has 0 aliphatic rings. The molecule has 1 rings (SSSR count). The SMILES string of the molecule is CCC[C@H](C)NC(=O)CN(CC)S(=O)(=O)c1ccc(OC)cc1. The van der Waals surface area contributed by atoms with Crippen LogP contribution in [0.2, 0.25) is 0 Å². The van der Waals surface area contributed by atoms with E-state index in [4.69, 9.17) is 4.74 Å². The largest absolute Gasteiger partial charge is 0.497 e. The minimum atomic E-state index is -3.70. The number of sulfonamides is 1. The number of amides is 1. The van der Waals surface area contributed by atoms with Gasteiger partial charge in [-0.3, -0.25) is 4.79 Å². The molecule has 0 unspecified atom stereocenters. The molecular formula is C16H26N2O4S. The van der Waals surface area contributed by atoms with Crippen LogP contribution in [0.5, 0.6) is 5.75 Å². The van der Waals surface area contributed by atoms with Crippen LogP contribution in [0.1, 0.15) is 33.6 Å². The summed E-state index contributed by atoms with van der Waals surface area (Å²) in [7, 11) is -2.18. The topological polar surface area (TPSA) is 75.7 Å². The van der Waals surface area contributed by atoms with E-state index in [1.165, 1.54) is 23.5 Å². The number of carbonyl (C=O) groups excluding carboxylic acids is 1. The predicted octanol–water partition coefficient (Wildman–Crippen LogP) is 2.01. The van der Waals surface area contributed by atoms with Crippen LogP contribution in [0.15, 0.2) is 29.2 Å². The molecule has 6 nitrogen and oxygen atoms in total. The van der Waals surface area contributed by atoms with Crippen molar-refractivity contribution in [3.05, 3.63) is 24.3 Å². The molecule has 1 aromatic rings. The molecule has 1 aromatic carbocycles. The van der Waals surface area contributed by atoms with Gasteiger partial charge in [-0.05, 0) is 37.6 Å². The molecule has 0 spiro atoms. The Labute approximate surface area is 138 Å². The second-order valence-electron chi connectivity index (χ2n) is 5.36. The fourth-order valence-electron chi connectivity index (χ4n) is 2.25. The second-order valence-corrected chi connectivity index (χ2v) is 7.30. The highest BCUT2D eigenvalue weighted by Crippen LogP contribution is 2.19. The van der Waals surface area contributed by atoms with Crippen LogP contribution >= 0.6 is 0 Å². The first kappa shape index (κ1) is 19.4. The normalized spacial score (nSPS) is 12.9. The van der Waals surface area contributed by atoms with E-state index in [1.54, 1.807) is 19.1 Å². The van der Waals surface area contributed by atoms with Gasteiger partial charge in [0.25, 0.3) is 0 Å². The van der Waals surface area contributed by atoms with Gasteiger partial charge in [0.05, 0.1) is 18.6 Å². The second kappa shape index (κ2) is 8.88. The number of nitrogens with zero attached hydrogens (tertiary/aromatic N) is 1. The Hall–Kier alpha value is -1.60. The molecule has 0 bridgehead atoms. The van der Waals surface area contributed by atoms with Crippen LogP contribution in [0.3, 0.4) is 0 Å². The minimum absolute atomic E-state index is 0.0369. The Morgan fingerprint density at radius 3 is 2.35 bits per heavy atom. The van der Waals surface area contributed by atoms with Crippen molar-refractivity contribution in [1.82, 2.24) is 9.62 Å². The lowest BCUT2D eigenvalue weighted by Crippen LogP contribution is -2.43. The third kappa shape index (κ3) is 5.51. The van der Waals surface area contributed by atoms with E-state index in [1.807, 2.05) is 13.8 Å². The van der Waals surface area contributed by atoms with Gasteiger partial charge >= 0.3 is 0 Å². The van der Waals surface area contributed by atoms with Gasteiger partial charge in [0.1, 0.15) is 5.75 Å². The van der Waals surface area contributed by atoms with Gasteiger partial charge in [-0.15, -0.1) is 0 Å². The maximum absolute atomic E-state index is 12.6. The zero-order valence-corrected chi connectivity index (χ0v) is 15.0. The highest BCUT2D eigenvalue weighted by atomic mass is 32.2. The van der Waals surface area contributed by atoms with E-state index in [-0.39, 0.29) is 29.9 Å². The Balaban J connectivity index is 2.83. The monoisotopic (exact) mass is 342 g/mol. The first-order chi connectivity index (χ1) is 10.8. The standard InChI is InChI=1S/C16H26N2O4S/c1-5-7-13(3)17-16(19)12-18(6-2)23(20,21)15-10-8-14(22-4)9-11-15/h8-11,13H,5-7,12H2,1-4H3,(H,17,19)/t13-/m0/s1. The third-order valence-electron chi connectivity index (χ3n) is 3.50. The molecule has 7 heteroatoms. The number of methoxy groups -OCH3 is 1. The summed E-state index contributed by atoms with van der Waals surface area (Å²) in [5.41, 5.74) is 0. The summed E-state index contributed by atoms with van der Waals surface area (Å²) in [6, 6.07) is 6.17. The molecule has 0 aliphatic heterocycles. The third-order valence-corrected chi connectivity index (χ3v) is 5.43. The molecule has 0 radical (unpaired) electrons. The van der Waals surface area contributed by atoms with Crippen molar-refractivity contribution < 1.29 is 17.9 Å². The van der Waals surface area contributed by atoms with Crippen LogP contribution in [0.4, 0.5) is 0 Å². The Morgan fingerprint density at radius 1 is 1.26 bits per heavy atom. The molecule has 23 heavy (non-hydrogen) atoms. The van der Waals surface area contributed by atoms with Crippen molar-refractivity contribution in [3.8, 4) is 5.75 Å². The van der Waals surface area contributed by atoms with Gasteiger partial charge in [-0.1, -0.05) is 20.3 Å². The highest BCUT2D eigenvalue weighted by molar-refractivity contribution is 7.89. The van der Waals surface area contributed by atoms with E-state index in [2.05, 4.69) is 5.32 Å². The molecule has 0 aromatic heterocycles. The van der Waals surface area contributed by atoms with Crippen LogP contribution in [-0.2, 0) is 14.8 Å². The summed E-state index contributed by atoms with van der Waals surface area (Å²) in [4.78, 5) is 12.2. The summed E-state index contributed by atoms with van der Waals surface area (Å²) in [6.07, 6.45) is 1.83. The highest BCUT2D eigenvalue weighted by Gasteiger charge is 2.25. The maximum Gasteiger partial charge on any atom is 0.243 e. The average molecular weight is 342 g/mol. The summed E-state index contributed by atoms with van der Waals surface area (Å²) in [5.74, 6) is 0.294. The molecule has 0 saturated heterocycles. The zero-order chi connectivity index (χ0) is 17.5. The molecular weight excluding hydrogens is 316 g/mol. The van der Waals surface area contributed by atoms with Gasteiger partial charge in [0, 0.05) is 12.6 Å². The van der Waals surface area contributed by atoms with E-state index in [0.717, 1.165) is 12.8 Å². The van der Waals surface area contributed by atoms with Gasteiger partial charge in [0.2, 0.25) is 15.9 Å². The fourth-order valence-corrected chi connectivity index (χ4v) is 3.65. The van der Waals surface area contributed by atoms with E-state index < -0.39 is 10.0 Å². The maximum atomic E-state index is 12.6. The molecule has 1 atom stereocenters. The van der Waals surface area contributed by atoms with Crippen molar-refractivity contribution in [2.24, 2.45) is 0 Å². The molecule has 0 saturated carbocycles. The number of likely N-dealkylation sites (N-methyl/N-ethyl adjacent to an activating group) is 1. The average Bonchev–Trinajstić information content (AvgIpc) is 2.52. The molecule has 0 aliphatic carbocycles. The Bertz CT molecular complexity index is 599. The van der Waals surface area contributed by atoms with Crippen molar-refractivity contribution in [3.63, 3.8) is 0 Å². The smallest absolute Gasteiger partial charge is 0.243 e. The van der Waals surface area contributed by atoms with Crippen LogP contribution in [0, 0.1) is 0 Å². The van der Waals surface area contributed by atoms with Gasteiger partial charge in [-0.2, -0.15) is 4.31 Å². The summed E-state index contributed by atoms with van der Waals surface area (Å²) in [6.45, 7) is 5.71. The number of benzene rings is 1. The molecule has 1 amide bonds. The Kier molecular flexibility index (Phi) is 7.51. The van der Waals surface area contributed by atoms with Gasteiger partial charge < -0.3 is 10.1 Å². The lowest BCUT2D eigenvalue weighted by molar-refractivity contribution is -0.121. The number of rotatable bonds is 9. The van der Waals surface area contributed by atoms with Crippen LogP contribution in [-0.4, -0.2) is 44.9 Å². The van der Waals surface area contributed by atoms with Crippen molar-refractivity contribution in [1.29, 1.82) is 0 Å². The van der Waals surface area contributed by atoms with Gasteiger partial charge in [0.15, 0.2) is 0 Å². The number of carbonyl (C=O) groups is 1. The molecule has 1 N–H and O–H groups in total. The number of hydrogen-bond donors (Lipinski definition) is 1. The quantitative estimate of drug-likeness (QED) is 0.745. The van der Waals surface area contributed by atoms with E-state index in [0.29, 0.717) is 5.75 Å². The molecule has 130 valence electrons. The summed E-state index contributed by atoms with van der Waals surface area (Å²) in [5, 5.41) is 2.82. The van der Waals surface area contributed by atoms with Crippen molar-refractivity contribution >= 4 is 15.9 Å². The lowest BCUT2D eigenvalue weighted by atomic mass is 10.2. The zero-order valence-electron chi connectivity index (χ0n) is 14.2. The first-order valence-corrected chi connectivity index (χ1v) is 9.22. The number of ether oxygens (including phenoxy) is 1. The van der Waals surface area contributed by atoms with Gasteiger partial charge in [-0.25, -0.2) is 8.42 Å². The number of hydrogen-bond acceptors (Lipinski definition) is 4.